The first-order chi connectivity index (χ1) is 9.54. The van der Waals surface area contributed by atoms with Gasteiger partial charge in [0.1, 0.15) is 5.03 Å². The molecule has 20 heavy (non-hydrogen) atoms. The van der Waals surface area contributed by atoms with Crippen molar-refractivity contribution in [3.8, 4) is 0 Å². The number of carbonyl (C=O) groups excluding carboxylic acids is 1. The molecular formula is C11H8Cl2N4O2S. The molecule has 2 N–H and O–H groups in total. The molecule has 0 spiro atoms. The van der Waals surface area contributed by atoms with E-state index in [1.165, 1.54) is 6.20 Å². The zero-order valence-electron chi connectivity index (χ0n) is 9.89. The highest BCUT2D eigenvalue weighted by Crippen LogP contribution is 2.25. The molecule has 0 radical (unpaired) electrons. The minimum Gasteiger partial charge on any atom is -0.325 e. The number of benzene rings is 1. The smallest absolute Gasteiger partial charge is 0.325 e. The maximum absolute atomic E-state index is 11.7. The molecule has 9 heteroatoms. The number of hydrogen-bond acceptors (Lipinski definition) is 5. The molecule has 0 saturated carbocycles. The van der Waals surface area contributed by atoms with Gasteiger partial charge in [0, 0.05) is 5.69 Å². The minimum absolute atomic E-state index is 0.0956. The predicted octanol–water partition coefficient (Wildman–Crippen LogP) is 2.20. The zero-order chi connectivity index (χ0) is 14.5. The van der Waals surface area contributed by atoms with Gasteiger partial charge in [0.05, 0.1) is 22.0 Å². The maximum Gasteiger partial charge on any atom is 0.362 e. The summed E-state index contributed by atoms with van der Waals surface area (Å²) in [4.78, 5) is 26.3. The molecule has 1 aromatic heterocycles. The first kappa shape index (κ1) is 14.8. The number of nitrogens with one attached hydrogen (secondary N) is 2. The molecule has 2 rings (SSSR count). The van der Waals surface area contributed by atoms with Crippen molar-refractivity contribution >= 4 is 46.6 Å². The van der Waals surface area contributed by atoms with Gasteiger partial charge in [-0.25, -0.2) is 9.89 Å². The molecule has 0 unspecified atom stereocenters. The number of amides is 1. The highest BCUT2D eigenvalue weighted by molar-refractivity contribution is 7.99. The largest absolute Gasteiger partial charge is 0.362 e. The van der Waals surface area contributed by atoms with Crippen LogP contribution in [0.15, 0.2) is 34.2 Å². The summed E-state index contributed by atoms with van der Waals surface area (Å²) in [7, 11) is 0. The molecule has 0 saturated heterocycles. The van der Waals surface area contributed by atoms with E-state index in [1.807, 2.05) is 0 Å². The molecule has 6 nitrogen and oxygen atoms in total. The predicted molar refractivity (Wildman–Crippen MR) is 78.5 cm³/mol. The van der Waals surface area contributed by atoms with Crippen LogP contribution in [0.4, 0.5) is 5.69 Å². The van der Waals surface area contributed by atoms with Gasteiger partial charge in [0.25, 0.3) is 0 Å². The summed E-state index contributed by atoms with van der Waals surface area (Å²) >= 11 is 12.7. The second-order valence-corrected chi connectivity index (χ2v) is 5.40. The van der Waals surface area contributed by atoms with Gasteiger partial charge >= 0.3 is 5.69 Å². The van der Waals surface area contributed by atoms with Crippen LogP contribution in [0.3, 0.4) is 0 Å². The lowest BCUT2D eigenvalue weighted by Crippen LogP contribution is -2.16. The van der Waals surface area contributed by atoms with Crippen LogP contribution in [0, 0.1) is 0 Å². The van der Waals surface area contributed by atoms with Gasteiger partial charge in [0.2, 0.25) is 5.91 Å². The van der Waals surface area contributed by atoms with Crippen LogP contribution >= 0.6 is 35.0 Å². The molecule has 0 bridgehead atoms. The lowest BCUT2D eigenvalue weighted by atomic mass is 10.3. The van der Waals surface area contributed by atoms with Crippen molar-refractivity contribution in [1.29, 1.82) is 0 Å². The average molecular weight is 331 g/mol. The Labute approximate surface area is 127 Å². The Morgan fingerprint density at radius 1 is 1.35 bits per heavy atom. The number of anilines is 1. The van der Waals surface area contributed by atoms with E-state index in [4.69, 9.17) is 23.2 Å². The number of nitrogens with zero attached hydrogens (tertiary/aromatic N) is 2. The Morgan fingerprint density at radius 3 is 2.85 bits per heavy atom. The summed E-state index contributed by atoms with van der Waals surface area (Å²) in [6, 6.07) is 4.79. The molecular weight excluding hydrogens is 323 g/mol. The Balaban J connectivity index is 1.92. The van der Waals surface area contributed by atoms with E-state index in [0.29, 0.717) is 20.8 Å². The van der Waals surface area contributed by atoms with Gasteiger partial charge in [-0.05, 0) is 18.2 Å². The summed E-state index contributed by atoms with van der Waals surface area (Å²) < 4.78 is 0. The molecule has 1 amide bonds. The van der Waals surface area contributed by atoms with Crippen LogP contribution in [0.25, 0.3) is 0 Å². The van der Waals surface area contributed by atoms with Gasteiger partial charge in [-0.15, -0.1) is 0 Å². The molecule has 104 valence electrons. The van der Waals surface area contributed by atoms with Crippen LogP contribution in [0.5, 0.6) is 0 Å². The summed E-state index contributed by atoms with van der Waals surface area (Å²) in [6.07, 6.45) is 1.37. The normalized spacial score (nSPS) is 10.3. The number of aromatic amines is 1. The van der Waals surface area contributed by atoms with E-state index >= 15 is 0 Å². The van der Waals surface area contributed by atoms with E-state index in [1.54, 1.807) is 18.2 Å². The molecule has 1 aromatic carbocycles. The average Bonchev–Trinajstić information content (AvgIpc) is 2.41. The van der Waals surface area contributed by atoms with Crippen molar-refractivity contribution in [2.75, 3.05) is 11.1 Å². The van der Waals surface area contributed by atoms with Crippen LogP contribution < -0.4 is 11.0 Å². The molecule has 0 atom stereocenters. The number of hydrogen-bond donors (Lipinski definition) is 2. The molecule has 1 heterocycles. The van der Waals surface area contributed by atoms with E-state index < -0.39 is 5.69 Å². The molecule has 0 aliphatic carbocycles. The minimum atomic E-state index is -0.556. The monoisotopic (exact) mass is 330 g/mol. The standard InChI is InChI=1S/C11H8Cl2N4O2S/c12-7-2-1-6(3-8(7)13)15-9(18)5-20-10-4-14-17-11(19)16-10/h1-4H,5H2,(H,15,18)(H,16,17,19). The van der Waals surface area contributed by atoms with Crippen molar-refractivity contribution in [2.24, 2.45) is 0 Å². The van der Waals surface area contributed by atoms with E-state index in [0.717, 1.165) is 11.8 Å². The number of H-pyrrole nitrogens is 1. The van der Waals surface area contributed by atoms with Gasteiger partial charge in [0.15, 0.2) is 0 Å². The SMILES string of the molecule is O=C(CSc1cn[nH]c(=O)n1)Nc1ccc(Cl)c(Cl)c1. The number of carbonyl (C=O) groups is 1. The number of rotatable bonds is 4. The summed E-state index contributed by atoms with van der Waals surface area (Å²) in [6.45, 7) is 0. The van der Waals surface area contributed by atoms with Gasteiger partial charge in [-0.3, -0.25) is 4.79 Å². The Kier molecular flexibility index (Phi) is 4.99. The van der Waals surface area contributed by atoms with Crippen LogP contribution in [0.2, 0.25) is 10.0 Å². The fraction of sp³-hybridized carbons (Fsp3) is 0.0909. The first-order valence-electron chi connectivity index (χ1n) is 5.34. The summed E-state index contributed by atoms with van der Waals surface area (Å²) in [5.41, 5.74) is -0.0121. The third-order valence-electron chi connectivity index (χ3n) is 2.10. The van der Waals surface area contributed by atoms with Crippen LogP contribution in [0.1, 0.15) is 0 Å². The quantitative estimate of drug-likeness (QED) is 0.839. The Hall–Kier alpha value is -1.57. The van der Waals surface area contributed by atoms with Crippen molar-refractivity contribution in [3.05, 3.63) is 44.9 Å². The number of aromatic nitrogens is 3. The second-order valence-electron chi connectivity index (χ2n) is 3.59. The molecule has 0 fully saturated rings. The lowest BCUT2D eigenvalue weighted by Gasteiger charge is -2.05. The van der Waals surface area contributed by atoms with Crippen LogP contribution in [-0.4, -0.2) is 26.8 Å². The van der Waals surface area contributed by atoms with Gasteiger partial charge < -0.3 is 5.32 Å². The van der Waals surface area contributed by atoms with Gasteiger partial charge in [-0.2, -0.15) is 10.1 Å². The molecule has 0 aliphatic rings. The fourth-order valence-corrected chi connectivity index (χ4v) is 2.20. The summed E-state index contributed by atoms with van der Waals surface area (Å²) in [5, 5.41) is 9.54. The highest BCUT2D eigenvalue weighted by atomic mass is 35.5. The third kappa shape index (κ3) is 4.22. The lowest BCUT2D eigenvalue weighted by molar-refractivity contribution is -0.113. The van der Waals surface area contributed by atoms with Crippen molar-refractivity contribution < 1.29 is 4.79 Å². The van der Waals surface area contributed by atoms with E-state index in [2.05, 4.69) is 20.5 Å². The third-order valence-corrected chi connectivity index (χ3v) is 3.74. The first-order valence-corrected chi connectivity index (χ1v) is 7.08. The van der Waals surface area contributed by atoms with Crippen molar-refractivity contribution in [3.63, 3.8) is 0 Å². The highest BCUT2D eigenvalue weighted by Gasteiger charge is 2.06. The Morgan fingerprint density at radius 2 is 2.15 bits per heavy atom. The van der Waals surface area contributed by atoms with Crippen molar-refractivity contribution in [2.45, 2.75) is 5.03 Å². The van der Waals surface area contributed by atoms with Gasteiger partial charge in [-0.1, -0.05) is 35.0 Å². The Bertz CT molecular complexity index is 692. The van der Waals surface area contributed by atoms with Crippen LogP contribution in [-0.2, 0) is 4.79 Å². The second kappa shape index (κ2) is 6.74. The molecule has 0 aliphatic heterocycles. The maximum atomic E-state index is 11.7. The molecule has 2 aromatic rings. The fourth-order valence-electron chi connectivity index (χ4n) is 1.28. The number of thioether (sulfide) groups is 1. The zero-order valence-corrected chi connectivity index (χ0v) is 12.2. The van der Waals surface area contributed by atoms with E-state index in [9.17, 15) is 9.59 Å². The topological polar surface area (TPSA) is 87.7 Å². The summed E-state index contributed by atoms with van der Waals surface area (Å²) in [5.74, 6) is -0.159. The number of halogens is 2. The van der Waals surface area contributed by atoms with Crippen molar-refractivity contribution in [1.82, 2.24) is 15.2 Å². The van der Waals surface area contributed by atoms with E-state index in [-0.39, 0.29) is 11.7 Å².